The lowest BCUT2D eigenvalue weighted by Crippen LogP contribution is -2.25. The van der Waals surface area contributed by atoms with E-state index in [0.29, 0.717) is 12.8 Å². The van der Waals surface area contributed by atoms with Crippen molar-refractivity contribution < 1.29 is 18.1 Å². The van der Waals surface area contributed by atoms with Crippen molar-refractivity contribution in [2.75, 3.05) is 0 Å². The smallest absolute Gasteiger partial charge is 0.267 e. The fourth-order valence-electron chi connectivity index (χ4n) is 1.25. The highest BCUT2D eigenvalue weighted by Gasteiger charge is 2.23. The maximum Gasteiger partial charge on any atom is 0.267 e. The molecule has 0 aromatic heterocycles. The molecule has 2 atom stereocenters. The van der Waals surface area contributed by atoms with Crippen molar-refractivity contribution in [2.24, 2.45) is 0 Å². The summed E-state index contributed by atoms with van der Waals surface area (Å²) in [5, 5.41) is 8.51. The lowest BCUT2D eigenvalue weighted by Gasteiger charge is -2.15. The molecule has 0 radical (unpaired) electrons. The standard InChI is InChI=1S/C8H18O4S/c1-3-5-7(9)6-8(4-2)13(10,11)12/h7-9H,3-6H2,1-2H3,(H,10,11,12). The van der Waals surface area contributed by atoms with Crippen LogP contribution in [0.4, 0.5) is 0 Å². The zero-order chi connectivity index (χ0) is 10.5. The number of aliphatic hydroxyl groups excluding tert-OH is 1. The van der Waals surface area contributed by atoms with Crippen molar-refractivity contribution in [2.45, 2.75) is 50.9 Å². The first-order valence-electron chi connectivity index (χ1n) is 4.56. The lowest BCUT2D eigenvalue weighted by atomic mass is 10.1. The van der Waals surface area contributed by atoms with Gasteiger partial charge < -0.3 is 5.11 Å². The van der Waals surface area contributed by atoms with E-state index in [9.17, 15) is 13.5 Å². The van der Waals surface area contributed by atoms with E-state index >= 15 is 0 Å². The van der Waals surface area contributed by atoms with Crippen LogP contribution in [0.1, 0.15) is 39.5 Å². The van der Waals surface area contributed by atoms with E-state index in [1.54, 1.807) is 6.92 Å². The first kappa shape index (κ1) is 12.9. The Kier molecular flexibility index (Phi) is 5.51. The van der Waals surface area contributed by atoms with Gasteiger partial charge in [0.1, 0.15) is 0 Å². The molecule has 0 rings (SSSR count). The molecule has 0 aliphatic heterocycles. The number of hydrogen-bond acceptors (Lipinski definition) is 3. The van der Waals surface area contributed by atoms with Crippen molar-refractivity contribution >= 4 is 10.1 Å². The Hall–Kier alpha value is -0.130. The topological polar surface area (TPSA) is 74.6 Å². The average Bonchev–Trinajstić information content (AvgIpc) is 1.98. The van der Waals surface area contributed by atoms with Crippen molar-refractivity contribution in [3.63, 3.8) is 0 Å². The fourth-order valence-corrected chi connectivity index (χ4v) is 2.14. The molecule has 5 heteroatoms. The van der Waals surface area contributed by atoms with Crippen molar-refractivity contribution in [1.82, 2.24) is 0 Å². The molecule has 0 fully saturated rings. The van der Waals surface area contributed by atoms with E-state index < -0.39 is 21.5 Å². The van der Waals surface area contributed by atoms with Crippen molar-refractivity contribution in [3.8, 4) is 0 Å². The summed E-state index contributed by atoms with van der Waals surface area (Å²) in [5.41, 5.74) is 0. The maximum absolute atomic E-state index is 10.7. The van der Waals surface area contributed by atoms with Crippen LogP contribution in [0.5, 0.6) is 0 Å². The molecule has 0 heterocycles. The average molecular weight is 210 g/mol. The highest BCUT2D eigenvalue weighted by atomic mass is 32.2. The van der Waals surface area contributed by atoms with Gasteiger partial charge in [0.25, 0.3) is 10.1 Å². The molecule has 0 saturated carbocycles. The molecule has 0 aromatic carbocycles. The molecule has 4 nitrogen and oxygen atoms in total. The van der Waals surface area contributed by atoms with Gasteiger partial charge in [-0.15, -0.1) is 0 Å². The van der Waals surface area contributed by atoms with Crippen LogP contribution < -0.4 is 0 Å². The van der Waals surface area contributed by atoms with Crippen LogP contribution in [0.3, 0.4) is 0 Å². The van der Waals surface area contributed by atoms with E-state index in [2.05, 4.69) is 0 Å². The third kappa shape index (κ3) is 5.23. The van der Waals surface area contributed by atoms with Gasteiger partial charge in [-0.2, -0.15) is 8.42 Å². The second-order valence-electron chi connectivity index (χ2n) is 3.22. The maximum atomic E-state index is 10.7. The Morgan fingerprint density at radius 3 is 2.15 bits per heavy atom. The van der Waals surface area contributed by atoms with Crippen molar-refractivity contribution in [3.05, 3.63) is 0 Å². The molecule has 0 amide bonds. The summed E-state index contributed by atoms with van der Waals surface area (Å²) in [7, 11) is -3.99. The summed E-state index contributed by atoms with van der Waals surface area (Å²) in [6, 6.07) is 0. The molecule has 13 heavy (non-hydrogen) atoms. The van der Waals surface area contributed by atoms with Crippen LogP contribution in [0, 0.1) is 0 Å². The first-order valence-corrected chi connectivity index (χ1v) is 6.06. The Morgan fingerprint density at radius 1 is 1.31 bits per heavy atom. The lowest BCUT2D eigenvalue weighted by molar-refractivity contribution is 0.150. The molecule has 0 spiro atoms. The normalized spacial score (nSPS) is 16.9. The van der Waals surface area contributed by atoms with Gasteiger partial charge in [-0.05, 0) is 19.3 Å². The van der Waals surface area contributed by atoms with Crippen LogP contribution >= 0.6 is 0 Å². The SMILES string of the molecule is CCCC(O)CC(CC)S(=O)(=O)O. The number of rotatable bonds is 6. The van der Waals surface area contributed by atoms with E-state index in [1.165, 1.54) is 0 Å². The largest absolute Gasteiger partial charge is 0.393 e. The summed E-state index contributed by atoms with van der Waals surface area (Å²) in [4.78, 5) is 0. The number of hydrogen-bond donors (Lipinski definition) is 2. The summed E-state index contributed by atoms with van der Waals surface area (Å²) in [6.07, 6.45) is 1.22. The highest BCUT2D eigenvalue weighted by molar-refractivity contribution is 7.86. The summed E-state index contributed by atoms with van der Waals surface area (Å²) >= 11 is 0. The predicted octanol–water partition coefficient (Wildman–Crippen LogP) is 1.20. The second-order valence-corrected chi connectivity index (χ2v) is 4.92. The van der Waals surface area contributed by atoms with E-state index in [0.717, 1.165) is 6.42 Å². The molecular formula is C8H18O4S. The minimum absolute atomic E-state index is 0.128. The van der Waals surface area contributed by atoms with Gasteiger partial charge >= 0.3 is 0 Å². The van der Waals surface area contributed by atoms with E-state index in [4.69, 9.17) is 4.55 Å². The minimum Gasteiger partial charge on any atom is -0.393 e. The van der Waals surface area contributed by atoms with Gasteiger partial charge in [-0.3, -0.25) is 4.55 Å². The van der Waals surface area contributed by atoms with Crippen LogP contribution in [0.15, 0.2) is 0 Å². The van der Waals surface area contributed by atoms with Crippen LogP contribution in [0.25, 0.3) is 0 Å². The van der Waals surface area contributed by atoms with Gasteiger partial charge in [0.05, 0.1) is 11.4 Å². The van der Waals surface area contributed by atoms with Gasteiger partial charge in [0.15, 0.2) is 0 Å². The van der Waals surface area contributed by atoms with E-state index in [-0.39, 0.29) is 6.42 Å². The molecule has 0 aliphatic carbocycles. The third-order valence-corrected chi connectivity index (χ3v) is 3.40. The predicted molar refractivity (Wildman–Crippen MR) is 51.2 cm³/mol. The number of aliphatic hydroxyl groups is 1. The zero-order valence-electron chi connectivity index (χ0n) is 8.10. The van der Waals surface area contributed by atoms with E-state index in [1.807, 2.05) is 6.92 Å². The summed E-state index contributed by atoms with van der Waals surface area (Å²) in [6.45, 7) is 3.59. The molecule has 0 aromatic rings. The molecule has 0 bridgehead atoms. The fraction of sp³-hybridized carbons (Fsp3) is 1.00. The second kappa shape index (κ2) is 5.57. The highest BCUT2D eigenvalue weighted by Crippen LogP contribution is 2.14. The Bertz CT molecular complexity index is 222. The zero-order valence-corrected chi connectivity index (χ0v) is 8.92. The molecule has 2 N–H and O–H groups in total. The quantitative estimate of drug-likeness (QED) is 0.646. The third-order valence-electron chi connectivity index (χ3n) is 2.03. The molecule has 0 aliphatic rings. The summed E-state index contributed by atoms with van der Waals surface area (Å²) < 4.78 is 30.2. The van der Waals surface area contributed by atoms with Crippen LogP contribution in [-0.2, 0) is 10.1 Å². The van der Waals surface area contributed by atoms with Gasteiger partial charge in [0, 0.05) is 0 Å². The van der Waals surface area contributed by atoms with Crippen LogP contribution in [0.2, 0.25) is 0 Å². The Labute approximate surface area is 79.7 Å². The molecule has 0 saturated heterocycles. The van der Waals surface area contributed by atoms with Gasteiger partial charge in [0.2, 0.25) is 0 Å². The Balaban J connectivity index is 4.14. The molecule has 2 unspecified atom stereocenters. The monoisotopic (exact) mass is 210 g/mol. The first-order chi connectivity index (χ1) is 5.91. The summed E-state index contributed by atoms with van der Waals surface area (Å²) in [5.74, 6) is 0. The Morgan fingerprint density at radius 2 is 1.85 bits per heavy atom. The minimum atomic E-state index is -3.99. The molecular weight excluding hydrogens is 192 g/mol. The molecule has 80 valence electrons. The van der Waals surface area contributed by atoms with Gasteiger partial charge in [-0.1, -0.05) is 20.3 Å². The van der Waals surface area contributed by atoms with Crippen molar-refractivity contribution in [1.29, 1.82) is 0 Å². The van der Waals surface area contributed by atoms with Crippen LogP contribution in [-0.4, -0.2) is 29.4 Å². The van der Waals surface area contributed by atoms with Gasteiger partial charge in [-0.25, -0.2) is 0 Å².